The van der Waals surface area contributed by atoms with Crippen molar-refractivity contribution >= 4 is 21.6 Å². The molecule has 1 N–H and O–H groups in total. The van der Waals surface area contributed by atoms with Crippen LogP contribution in [0.15, 0.2) is 34.3 Å². The van der Waals surface area contributed by atoms with Crippen molar-refractivity contribution in [3.8, 4) is 0 Å². The Labute approximate surface area is 155 Å². The molecule has 0 unspecified atom stereocenters. The molecular weight excluding hydrogens is 354 g/mol. The smallest absolute Gasteiger partial charge is 0.271 e. The number of morpholine rings is 1. The van der Waals surface area contributed by atoms with E-state index in [1.807, 2.05) is 6.92 Å². The van der Waals surface area contributed by atoms with Crippen molar-refractivity contribution in [3.05, 3.63) is 29.8 Å². The number of carbonyl (C=O) groups is 1. The number of rotatable bonds is 7. The van der Waals surface area contributed by atoms with Crippen LogP contribution in [0.3, 0.4) is 0 Å². The fourth-order valence-corrected chi connectivity index (χ4v) is 3.95. The topological polar surface area (TPSA) is 88.1 Å². The van der Waals surface area contributed by atoms with Crippen LogP contribution in [-0.4, -0.2) is 50.6 Å². The Balaban J connectivity index is 2.08. The van der Waals surface area contributed by atoms with Crippen molar-refractivity contribution in [3.63, 3.8) is 0 Å². The van der Waals surface area contributed by atoms with Crippen molar-refractivity contribution in [1.82, 2.24) is 9.73 Å². The Bertz CT molecular complexity index is 753. The van der Waals surface area contributed by atoms with Gasteiger partial charge in [0.15, 0.2) is 0 Å². The third kappa shape index (κ3) is 5.62. The van der Waals surface area contributed by atoms with Crippen molar-refractivity contribution < 1.29 is 17.9 Å². The molecule has 0 aromatic heterocycles. The number of carbonyl (C=O) groups excluding carboxylic acids is 1. The minimum atomic E-state index is -3.63. The molecule has 0 spiro atoms. The first kappa shape index (κ1) is 20.5. The monoisotopic (exact) mass is 381 g/mol. The number of hydrogen-bond donors (Lipinski definition) is 1. The molecular formula is C18H27N3O4S. The first-order valence-electron chi connectivity index (χ1n) is 8.82. The van der Waals surface area contributed by atoms with Crippen LogP contribution < -0.4 is 5.43 Å². The zero-order chi connectivity index (χ0) is 19.2. The standard InChI is InChI=1S/C18H27N3O4S/c1-14(2)7-8-15(3)19-20-18(22)16-5-4-6-17(13-16)26(23,24)21-9-11-25-12-10-21/h4-6,13-14H,7-12H2,1-3H3,(H,20,22)/b19-15+. The first-order valence-corrected chi connectivity index (χ1v) is 10.3. The number of nitrogens with zero attached hydrogens (tertiary/aromatic N) is 2. The van der Waals surface area contributed by atoms with Gasteiger partial charge < -0.3 is 4.74 Å². The Morgan fingerprint density at radius 2 is 2.00 bits per heavy atom. The summed E-state index contributed by atoms with van der Waals surface area (Å²) >= 11 is 0. The van der Waals surface area contributed by atoms with Crippen LogP contribution >= 0.6 is 0 Å². The Morgan fingerprint density at radius 3 is 2.65 bits per heavy atom. The van der Waals surface area contributed by atoms with E-state index in [4.69, 9.17) is 4.74 Å². The second kappa shape index (κ2) is 9.25. The SMILES string of the molecule is C/C(CCC(C)C)=N\NC(=O)c1cccc(S(=O)(=O)N2CCOCC2)c1. The fourth-order valence-electron chi connectivity index (χ4n) is 2.50. The van der Waals surface area contributed by atoms with Crippen LogP contribution in [0.4, 0.5) is 0 Å². The zero-order valence-corrected chi connectivity index (χ0v) is 16.4. The molecule has 144 valence electrons. The van der Waals surface area contributed by atoms with E-state index in [2.05, 4.69) is 24.4 Å². The summed E-state index contributed by atoms with van der Waals surface area (Å²) in [5.41, 5.74) is 3.60. The highest BCUT2D eigenvalue weighted by molar-refractivity contribution is 7.89. The highest BCUT2D eigenvalue weighted by atomic mass is 32.2. The molecule has 1 aliphatic heterocycles. The molecule has 0 bridgehead atoms. The third-order valence-electron chi connectivity index (χ3n) is 4.14. The van der Waals surface area contributed by atoms with Gasteiger partial charge in [-0.25, -0.2) is 13.8 Å². The Kier molecular flexibility index (Phi) is 7.31. The predicted octanol–water partition coefficient (Wildman–Crippen LogP) is 2.25. The molecule has 0 radical (unpaired) electrons. The lowest BCUT2D eigenvalue weighted by Gasteiger charge is -2.26. The third-order valence-corrected chi connectivity index (χ3v) is 6.03. The molecule has 1 aromatic rings. The molecule has 1 amide bonds. The number of sulfonamides is 1. The summed E-state index contributed by atoms with van der Waals surface area (Å²) in [6.45, 7) is 7.52. The molecule has 1 aliphatic rings. The highest BCUT2D eigenvalue weighted by Gasteiger charge is 2.26. The van der Waals surface area contributed by atoms with Crippen molar-refractivity contribution in [2.45, 2.75) is 38.5 Å². The molecule has 0 saturated carbocycles. The highest BCUT2D eigenvalue weighted by Crippen LogP contribution is 2.18. The van der Waals surface area contributed by atoms with Crippen molar-refractivity contribution in [2.24, 2.45) is 11.0 Å². The maximum absolute atomic E-state index is 12.7. The van der Waals surface area contributed by atoms with Gasteiger partial charge in [-0.15, -0.1) is 0 Å². The molecule has 26 heavy (non-hydrogen) atoms. The number of ether oxygens (including phenoxy) is 1. The fraction of sp³-hybridized carbons (Fsp3) is 0.556. The van der Waals surface area contributed by atoms with Gasteiger partial charge in [0, 0.05) is 24.4 Å². The summed E-state index contributed by atoms with van der Waals surface area (Å²) < 4.78 is 31.9. The van der Waals surface area contributed by atoms with Gasteiger partial charge in [-0.2, -0.15) is 9.41 Å². The molecule has 8 heteroatoms. The van der Waals surface area contributed by atoms with E-state index in [-0.39, 0.29) is 10.5 Å². The van der Waals surface area contributed by atoms with Gasteiger partial charge >= 0.3 is 0 Å². The molecule has 0 atom stereocenters. The summed E-state index contributed by atoms with van der Waals surface area (Å²) in [7, 11) is -3.63. The van der Waals surface area contributed by atoms with Crippen molar-refractivity contribution in [1.29, 1.82) is 0 Å². The lowest BCUT2D eigenvalue weighted by molar-refractivity contribution is 0.0730. The molecule has 1 fully saturated rings. The summed E-state index contributed by atoms with van der Waals surface area (Å²) in [6.07, 6.45) is 1.81. The average molecular weight is 381 g/mol. The van der Waals surface area contributed by atoms with Gasteiger partial charge in [-0.05, 0) is 43.9 Å². The van der Waals surface area contributed by atoms with Crippen LogP contribution in [0.2, 0.25) is 0 Å². The minimum Gasteiger partial charge on any atom is -0.379 e. The normalized spacial score (nSPS) is 16.7. The lowest BCUT2D eigenvalue weighted by atomic mass is 10.1. The summed E-state index contributed by atoms with van der Waals surface area (Å²) in [4.78, 5) is 12.4. The Hall–Kier alpha value is -1.77. The van der Waals surface area contributed by atoms with E-state index in [0.717, 1.165) is 18.6 Å². The Morgan fingerprint density at radius 1 is 1.31 bits per heavy atom. The molecule has 1 saturated heterocycles. The molecule has 1 aromatic carbocycles. The van der Waals surface area contributed by atoms with E-state index >= 15 is 0 Å². The molecule has 0 aliphatic carbocycles. The van der Waals surface area contributed by atoms with Gasteiger partial charge in [0.2, 0.25) is 10.0 Å². The van der Waals surface area contributed by atoms with E-state index in [0.29, 0.717) is 32.2 Å². The number of nitrogens with one attached hydrogen (secondary N) is 1. The second-order valence-electron chi connectivity index (χ2n) is 6.76. The van der Waals surface area contributed by atoms with E-state index < -0.39 is 15.9 Å². The van der Waals surface area contributed by atoms with Gasteiger partial charge in [-0.1, -0.05) is 19.9 Å². The van der Waals surface area contributed by atoms with Crippen LogP contribution in [0.25, 0.3) is 0 Å². The second-order valence-corrected chi connectivity index (χ2v) is 8.70. The van der Waals surface area contributed by atoms with Crippen LogP contribution in [-0.2, 0) is 14.8 Å². The first-order chi connectivity index (χ1) is 12.3. The number of amides is 1. The van der Waals surface area contributed by atoms with E-state index in [1.165, 1.54) is 16.4 Å². The largest absolute Gasteiger partial charge is 0.379 e. The number of hydrogen-bond acceptors (Lipinski definition) is 5. The van der Waals surface area contributed by atoms with Crippen LogP contribution in [0, 0.1) is 5.92 Å². The van der Waals surface area contributed by atoms with Crippen LogP contribution in [0.5, 0.6) is 0 Å². The lowest BCUT2D eigenvalue weighted by Crippen LogP contribution is -2.40. The maximum Gasteiger partial charge on any atom is 0.271 e. The quantitative estimate of drug-likeness (QED) is 0.580. The number of hydrazone groups is 1. The van der Waals surface area contributed by atoms with Gasteiger partial charge in [0.25, 0.3) is 5.91 Å². The molecule has 1 heterocycles. The number of benzene rings is 1. The van der Waals surface area contributed by atoms with Crippen molar-refractivity contribution in [2.75, 3.05) is 26.3 Å². The van der Waals surface area contributed by atoms with Crippen LogP contribution in [0.1, 0.15) is 44.0 Å². The van der Waals surface area contributed by atoms with Gasteiger partial charge in [0.05, 0.1) is 18.1 Å². The van der Waals surface area contributed by atoms with E-state index in [9.17, 15) is 13.2 Å². The molecule has 7 nitrogen and oxygen atoms in total. The van der Waals surface area contributed by atoms with Gasteiger partial charge in [0.1, 0.15) is 0 Å². The minimum absolute atomic E-state index is 0.104. The maximum atomic E-state index is 12.7. The summed E-state index contributed by atoms with van der Waals surface area (Å²) in [5.74, 6) is 0.144. The molecule has 2 rings (SSSR count). The summed E-state index contributed by atoms with van der Waals surface area (Å²) in [5, 5.41) is 4.09. The average Bonchev–Trinajstić information content (AvgIpc) is 2.65. The van der Waals surface area contributed by atoms with Gasteiger partial charge in [-0.3, -0.25) is 4.79 Å². The van der Waals surface area contributed by atoms with E-state index in [1.54, 1.807) is 12.1 Å². The zero-order valence-electron chi connectivity index (χ0n) is 15.6. The predicted molar refractivity (Wildman–Crippen MR) is 101 cm³/mol. The summed E-state index contributed by atoms with van der Waals surface area (Å²) in [6, 6.07) is 6.03.